The number of nitrogens with two attached hydrogens (primary N) is 1. The SMILES string of the molecule is CC[C@]12CC3CC(C(=O)N[C@H]4CC[C@@H](CN)CC4)(C1)C[C@@](c1ccccc1)(C3)C2. The van der Waals surface area contributed by atoms with Gasteiger partial charge in [-0.05, 0) is 99.0 Å². The van der Waals surface area contributed by atoms with E-state index in [-0.39, 0.29) is 10.8 Å². The van der Waals surface area contributed by atoms with Crippen LogP contribution in [0.1, 0.15) is 83.1 Å². The highest BCUT2D eigenvalue weighted by molar-refractivity contribution is 5.84. The van der Waals surface area contributed by atoms with Crippen LogP contribution in [0.25, 0.3) is 0 Å². The van der Waals surface area contributed by atoms with Crippen molar-refractivity contribution in [2.75, 3.05) is 6.54 Å². The fraction of sp³-hybridized carbons (Fsp3) is 0.731. The quantitative estimate of drug-likeness (QED) is 0.743. The first kappa shape index (κ1) is 19.6. The Morgan fingerprint density at radius 2 is 1.79 bits per heavy atom. The van der Waals surface area contributed by atoms with E-state index in [9.17, 15) is 4.79 Å². The summed E-state index contributed by atoms with van der Waals surface area (Å²) in [5, 5.41) is 3.55. The van der Waals surface area contributed by atoms with Gasteiger partial charge in [-0.1, -0.05) is 43.7 Å². The molecule has 0 spiro atoms. The van der Waals surface area contributed by atoms with E-state index in [2.05, 4.69) is 42.6 Å². The first-order valence-electron chi connectivity index (χ1n) is 12.1. The molecule has 0 aliphatic heterocycles. The van der Waals surface area contributed by atoms with Gasteiger partial charge in [0.25, 0.3) is 0 Å². The van der Waals surface area contributed by atoms with E-state index in [1.807, 2.05) is 0 Å². The second-order valence-corrected chi connectivity index (χ2v) is 11.2. The molecule has 5 aliphatic rings. The van der Waals surface area contributed by atoms with Crippen LogP contribution in [0.3, 0.4) is 0 Å². The third-order valence-corrected chi connectivity index (χ3v) is 9.32. The van der Waals surface area contributed by atoms with E-state index in [4.69, 9.17) is 5.73 Å². The van der Waals surface area contributed by atoms with Crippen molar-refractivity contribution in [3.8, 4) is 0 Å². The molecule has 0 saturated heterocycles. The van der Waals surface area contributed by atoms with Crippen LogP contribution in [-0.4, -0.2) is 18.5 Å². The predicted molar refractivity (Wildman–Crippen MR) is 117 cm³/mol. The molecule has 2 unspecified atom stereocenters. The molecule has 0 heterocycles. The van der Waals surface area contributed by atoms with Crippen molar-refractivity contribution in [1.82, 2.24) is 5.32 Å². The fourth-order valence-corrected chi connectivity index (χ4v) is 8.28. The van der Waals surface area contributed by atoms with Gasteiger partial charge in [-0.2, -0.15) is 0 Å². The summed E-state index contributed by atoms with van der Waals surface area (Å²) in [5.41, 5.74) is 7.79. The van der Waals surface area contributed by atoms with Crippen molar-refractivity contribution in [2.24, 2.45) is 28.4 Å². The molecule has 5 saturated carbocycles. The van der Waals surface area contributed by atoms with Gasteiger partial charge in [-0.25, -0.2) is 0 Å². The molecule has 1 amide bonds. The Labute approximate surface area is 176 Å². The molecule has 3 nitrogen and oxygen atoms in total. The summed E-state index contributed by atoms with van der Waals surface area (Å²) < 4.78 is 0. The topological polar surface area (TPSA) is 55.1 Å². The maximum atomic E-state index is 13.8. The van der Waals surface area contributed by atoms with E-state index in [0.717, 1.165) is 38.6 Å². The van der Waals surface area contributed by atoms with E-state index in [1.54, 1.807) is 0 Å². The van der Waals surface area contributed by atoms with Crippen LogP contribution in [0.4, 0.5) is 0 Å². The number of nitrogens with one attached hydrogen (secondary N) is 1. The molecule has 5 fully saturated rings. The highest BCUT2D eigenvalue weighted by Gasteiger charge is 2.65. The molecule has 158 valence electrons. The lowest BCUT2D eigenvalue weighted by Crippen LogP contribution is -2.63. The lowest BCUT2D eigenvalue weighted by Gasteiger charge is -2.66. The Morgan fingerprint density at radius 1 is 1.03 bits per heavy atom. The molecule has 0 aromatic heterocycles. The van der Waals surface area contributed by atoms with E-state index < -0.39 is 0 Å². The zero-order valence-electron chi connectivity index (χ0n) is 18.1. The van der Waals surface area contributed by atoms with Crippen LogP contribution in [0.15, 0.2) is 30.3 Å². The summed E-state index contributed by atoms with van der Waals surface area (Å²) in [6.07, 6.45) is 13.0. The Kier molecular flexibility index (Phi) is 4.81. The number of amides is 1. The van der Waals surface area contributed by atoms with Crippen LogP contribution in [0, 0.1) is 22.7 Å². The van der Waals surface area contributed by atoms with Gasteiger partial charge in [0, 0.05) is 6.04 Å². The van der Waals surface area contributed by atoms with Gasteiger partial charge in [-0.3, -0.25) is 4.79 Å². The first-order chi connectivity index (χ1) is 14.0. The summed E-state index contributed by atoms with van der Waals surface area (Å²) in [4.78, 5) is 13.8. The third kappa shape index (κ3) is 3.24. The summed E-state index contributed by atoms with van der Waals surface area (Å²) in [5.74, 6) is 1.76. The lowest BCUT2D eigenvalue weighted by molar-refractivity contribution is -0.164. The molecule has 3 heteroatoms. The van der Waals surface area contributed by atoms with Gasteiger partial charge in [0.1, 0.15) is 0 Å². The number of benzene rings is 1. The van der Waals surface area contributed by atoms with Crippen LogP contribution >= 0.6 is 0 Å². The molecule has 5 aliphatic carbocycles. The molecule has 0 radical (unpaired) electrons. The second kappa shape index (κ2) is 7.11. The van der Waals surface area contributed by atoms with Crippen molar-refractivity contribution in [1.29, 1.82) is 0 Å². The fourth-order valence-electron chi connectivity index (χ4n) is 8.28. The smallest absolute Gasteiger partial charge is 0.226 e. The van der Waals surface area contributed by atoms with Crippen LogP contribution < -0.4 is 11.1 Å². The van der Waals surface area contributed by atoms with Gasteiger partial charge < -0.3 is 11.1 Å². The van der Waals surface area contributed by atoms with Gasteiger partial charge in [0.2, 0.25) is 5.91 Å². The van der Waals surface area contributed by atoms with E-state index in [1.165, 1.54) is 44.1 Å². The number of rotatable bonds is 5. The zero-order chi connectivity index (χ0) is 20.1. The zero-order valence-corrected chi connectivity index (χ0v) is 18.1. The summed E-state index contributed by atoms with van der Waals surface area (Å²) >= 11 is 0. The Morgan fingerprint density at radius 3 is 2.48 bits per heavy atom. The van der Waals surface area contributed by atoms with Crippen molar-refractivity contribution in [2.45, 2.75) is 89.0 Å². The Bertz CT molecular complexity index is 755. The van der Waals surface area contributed by atoms with Gasteiger partial charge in [-0.15, -0.1) is 0 Å². The summed E-state index contributed by atoms with van der Waals surface area (Å²) in [6.45, 7) is 3.16. The predicted octanol–water partition coefficient (Wildman–Crippen LogP) is 4.94. The largest absolute Gasteiger partial charge is 0.353 e. The molecule has 1 aromatic rings. The number of carbonyl (C=O) groups is 1. The number of hydrogen-bond donors (Lipinski definition) is 2. The minimum atomic E-state index is -0.143. The Balaban J connectivity index is 1.41. The molecular weight excluding hydrogens is 356 g/mol. The summed E-state index contributed by atoms with van der Waals surface area (Å²) in [7, 11) is 0. The van der Waals surface area contributed by atoms with E-state index >= 15 is 0 Å². The van der Waals surface area contributed by atoms with Gasteiger partial charge >= 0.3 is 0 Å². The molecule has 1 aromatic carbocycles. The van der Waals surface area contributed by atoms with Crippen LogP contribution in [0.2, 0.25) is 0 Å². The Hall–Kier alpha value is -1.35. The first-order valence-corrected chi connectivity index (χ1v) is 12.1. The average Bonchev–Trinajstić information content (AvgIpc) is 2.74. The average molecular weight is 395 g/mol. The third-order valence-electron chi connectivity index (χ3n) is 9.32. The van der Waals surface area contributed by atoms with Gasteiger partial charge in [0.15, 0.2) is 0 Å². The highest BCUT2D eigenvalue weighted by Crippen LogP contribution is 2.71. The minimum Gasteiger partial charge on any atom is -0.353 e. The van der Waals surface area contributed by atoms with Crippen LogP contribution in [0.5, 0.6) is 0 Å². The van der Waals surface area contributed by atoms with Gasteiger partial charge in [0.05, 0.1) is 5.41 Å². The van der Waals surface area contributed by atoms with Crippen molar-refractivity contribution in [3.05, 3.63) is 35.9 Å². The van der Waals surface area contributed by atoms with Crippen LogP contribution in [-0.2, 0) is 10.2 Å². The van der Waals surface area contributed by atoms with E-state index in [0.29, 0.717) is 29.2 Å². The molecule has 4 atom stereocenters. The number of hydrogen-bond acceptors (Lipinski definition) is 2. The van der Waals surface area contributed by atoms with Crippen molar-refractivity contribution in [3.63, 3.8) is 0 Å². The minimum absolute atomic E-state index is 0.143. The molecule has 29 heavy (non-hydrogen) atoms. The maximum Gasteiger partial charge on any atom is 0.226 e. The lowest BCUT2D eigenvalue weighted by atomic mass is 9.38. The molecule has 6 rings (SSSR count). The second-order valence-electron chi connectivity index (χ2n) is 11.2. The van der Waals surface area contributed by atoms with Crippen molar-refractivity contribution < 1.29 is 4.79 Å². The molecular formula is C26H38N2O. The molecule has 3 N–H and O–H groups in total. The standard InChI is InChI=1S/C26H38N2O/c1-2-24-12-20-13-25(16-24,21-6-4-3-5-7-21)18-26(14-20,17-24)23(29)28-22-10-8-19(15-27)9-11-22/h3-7,19-20,22H,2,8-18,27H2,1H3,(H,28,29)/t19-,20?,22+,24-,25-,26?/m1/s1. The maximum absolute atomic E-state index is 13.8. The highest BCUT2D eigenvalue weighted by atomic mass is 16.2. The van der Waals surface area contributed by atoms with Crippen molar-refractivity contribution >= 4 is 5.91 Å². The number of carbonyl (C=O) groups excluding carboxylic acids is 1. The monoisotopic (exact) mass is 394 g/mol. The normalized spacial score (nSPS) is 43.3. The summed E-state index contributed by atoms with van der Waals surface area (Å²) in [6, 6.07) is 11.5. The molecule has 4 bridgehead atoms.